The van der Waals surface area contributed by atoms with Crippen LogP contribution in [0.15, 0.2) is 41.5 Å². The Morgan fingerprint density at radius 1 is 1.16 bits per heavy atom. The molecule has 0 saturated heterocycles. The smallest absolute Gasteiger partial charge is 0.348 e. The number of aryl methyl sites for hydroxylation is 2. The van der Waals surface area contributed by atoms with Crippen LogP contribution in [0.25, 0.3) is 0 Å². The molecule has 0 spiro atoms. The van der Waals surface area contributed by atoms with Gasteiger partial charge in [-0.25, -0.2) is 9.80 Å². The first-order chi connectivity index (χ1) is 12.2. The zero-order chi connectivity index (χ0) is 17.2. The molecule has 128 valence electrons. The molecule has 0 unspecified atom stereocenters. The van der Waals surface area contributed by atoms with E-state index in [9.17, 15) is 9.59 Å². The van der Waals surface area contributed by atoms with E-state index in [1.165, 1.54) is 26.8 Å². The van der Waals surface area contributed by atoms with Gasteiger partial charge in [-0.15, -0.1) is 11.3 Å². The summed E-state index contributed by atoms with van der Waals surface area (Å²) in [4.78, 5) is 26.2. The van der Waals surface area contributed by atoms with Gasteiger partial charge < -0.3 is 4.74 Å². The van der Waals surface area contributed by atoms with Gasteiger partial charge in [-0.05, 0) is 36.5 Å². The number of carbonyl (C=O) groups is 2. The topological polar surface area (TPSA) is 59.0 Å². The zero-order valence-corrected chi connectivity index (χ0v) is 14.6. The summed E-state index contributed by atoms with van der Waals surface area (Å²) in [6, 6.07) is 11.7. The number of ether oxygens (including phenoxy) is 1. The molecule has 6 heteroatoms. The van der Waals surface area contributed by atoms with Crippen LogP contribution in [0.1, 0.15) is 38.5 Å². The molecule has 1 aliphatic carbocycles. The first-order valence-corrected chi connectivity index (χ1v) is 9.24. The molecular weight excluding hydrogens is 336 g/mol. The Bertz CT molecular complexity index is 820. The number of fused-ring (bicyclic) bond motifs is 1. The maximum atomic E-state index is 12.2. The van der Waals surface area contributed by atoms with E-state index in [-0.39, 0.29) is 12.5 Å². The monoisotopic (exact) mass is 354 g/mol. The highest BCUT2D eigenvalue weighted by atomic mass is 32.1. The molecular formula is C19H18N2O3S. The maximum Gasteiger partial charge on any atom is 0.348 e. The van der Waals surface area contributed by atoms with E-state index in [1.807, 2.05) is 36.4 Å². The SMILES string of the molecule is O=C(OCC(=O)N1CCC(c2ccccc2)=N1)c1cc2c(s1)CCC2. The van der Waals surface area contributed by atoms with E-state index in [4.69, 9.17) is 4.74 Å². The number of rotatable bonds is 4. The number of benzene rings is 1. The molecule has 1 aromatic carbocycles. The predicted molar refractivity (Wildman–Crippen MR) is 95.9 cm³/mol. The summed E-state index contributed by atoms with van der Waals surface area (Å²) in [7, 11) is 0. The van der Waals surface area contributed by atoms with Gasteiger partial charge in [-0.3, -0.25) is 4.79 Å². The second kappa shape index (κ2) is 6.80. The minimum Gasteiger partial charge on any atom is -0.451 e. The molecule has 4 rings (SSSR count). The fourth-order valence-electron chi connectivity index (χ4n) is 3.17. The number of hydrogen-bond donors (Lipinski definition) is 0. The number of hydrazone groups is 1. The van der Waals surface area contributed by atoms with Crippen LogP contribution in [-0.2, 0) is 22.4 Å². The Balaban J connectivity index is 1.34. The minimum absolute atomic E-state index is 0.271. The van der Waals surface area contributed by atoms with Crippen molar-refractivity contribution in [2.24, 2.45) is 5.10 Å². The van der Waals surface area contributed by atoms with Crippen LogP contribution in [0.5, 0.6) is 0 Å². The van der Waals surface area contributed by atoms with Crippen LogP contribution in [0.2, 0.25) is 0 Å². The standard InChI is InChI=1S/C19H18N2O3S/c22-18(21-10-9-15(20-21)13-5-2-1-3-6-13)12-24-19(23)17-11-14-7-4-8-16(14)25-17/h1-3,5-6,11H,4,7-10,12H2. The Labute approximate surface area is 149 Å². The van der Waals surface area contributed by atoms with E-state index >= 15 is 0 Å². The van der Waals surface area contributed by atoms with Crippen LogP contribution >= 0.6 is 11.3 Å². The Kier molecular flexibility index (Phi) is 4.36. The number of hydrogen-bond acceptors (Lipinski definition) is 5. The molecule has 0 saturated carbocycles. The second-order valence-corrected chi connectivity index (χ2v) is 7.31. The number of esters is 1. The summed E-state index contributed by atoms with van der Waals surface area (Å²) in [5.41, 5.74) is 3.15. The van der Waals surface area contributed by atoms with Crippen LogP contribution < -0.4 is 0 Å². The molecule has 0 fully saturated rings. The van der Waals surface area contributed by atoms with Gasteiger partial charge in [0.1, 0.15) is 4.88 Å². The highest BCUT2D eigenvalue weighted by Gasteiger charge is 2.24. The summed E-state index contributed by atoms with van der Waals surface area (Å²) in [5.74, 6) is -0.706. The van der Waals surface area contributed by atoms with Crippen molar-refractivity contribution < 1.29 is 14.3 Å². The number of carbonyl (C=O) groups excluding carboxylic acids is 2. The van der Waals surface area contributed by atoms with E-state index in [1.54, 1.807) is 0 Å². The molecule has 1 aromatic heterocycles. The summed E-state index contributed by atoms with van der Waals surface area (Å²) in [5, 5.41) is 5.75. The third-order valence-electron chi connectivity index (χ3n) is 4.47. The third kappa shape index (κ3) is 3.35. The Morgan fingerprint density at radius 3 is 2.80 bits per heavy atom. The van der Waals surface area contributed by atoms with Crippen LogP contribution in [0, 0.1) is 0 Å². The van der Waals surface area contributed by atoms with Crippen molar-refractivity contribution in [2.45, 2.75) is 25.7 Å². The van der Waals surface area contributed by atoms with Crippen LogP contribution in [-0.4, -0.2) is 35.7 Å². The fourth-order valence-corrected chi connectivity index (χ4v) is 4.32. The normalized spacial score (nSPS) is 15.8. The van der Waals surface area contributed by atoms with Crippen molar-refractivity contribution in [3.63, 3.8) is 0 Å². The summed E-state index contributed by atoms with van der Waals surface area (Å²) >= 11 is 1.48. The van der Waals surface area contributed by atoms with Gasteiger partial charge in [-0.1, -0.05) is 30.3 Å². The van der Waals surface area contributed by atoms with Crippen molar-refractivity contribution in [3.05, 3.63) is 57.3 Å². The summed E-state index contributed by atoms with van der Waals surface area (Å²) in [6.45, 7) is 0.251. The zero-order valence-electron chi connectivity index (χ0n) is 13.7. The molecule has 2 aliphatic rings. The van der Waals surface area contributed by atoms with Gasteiger partial charge in [0, 0.05) is 11.3 Å². The molecule has 0 bridgehead atoms. The van der Waals surface area contributed by atoms with Gasteiger partial charge in [-0.2, -0.15) is 5.10 Å². The highest BCUT2D eigenvalue weighted by molar-refractivity contribution is 7.14. The number of amides is 1. The highest BCUT2D eigenvalue weighted by Crippen LogP contribution is 2.30. The van der Waals surface area contributed by atoms with Crippen molar-refractivity contribution in [1.29, 1.82) is 0 Å². The average Bonchev–Trinajstić information content (AvgIpc) is 3.35. The van der Waals surface area contributed by atoms with Gasteiger partial charge in [0.15, 0.2) is 6.61 Å². The number of nitrogens with zero attached hydrogens (tertiary/aromatic N) is 2. The largest absolute Gasteiger partial charge is 0.451 e. The molecule has 0 atom stereocenters. The Morgan fingerprint density at radius 2 is 2.00 bits per heavy atom. The molecule has 2 heterocycles. The lowest BCUT2D eigenvalue weighted by Crippen LogP contribution is -2.28. The molecule has 25 heavy (non-hydrogen) atoms. The van der Waals surface area contributed by atoms with Crippen LogP contribution in [0.3, 0.4) is 0 Å². The summed E-state index contributed by atoms with van der Waals surface area (Å²) in [6.07, 6.45) is 3.94. The lowest BCUT2D eigenvalue weighted by molar-refractivity contribution is -0.134. The van der Waals surface area contributed by atoms with E-state index in [0.29, 0.717) is 17.8 Å². The van der Waals surface area contributed by atoms with Crippen molar-refractivity contribution in [1.82, 2.24) is 5.01 Å². The Hall–Kier alpha value is -2.47. The van der Waals surface area contributed by atoms with Crippen molar-refractivity contribution >= 4 is 28.9 Å². The van der Waals surface area contributed by atoms with Crippen LogP contribution in [0.4, 0.5) is 0 Å². The van der Waals surface area contributed by atoms with E-state index in [2.05, 4.69) is 5.10 Å². The molecule has 1 amide bonds. The molecule has 1 aliphatic heterocycles. The molecule has 2 aromatic rings. The third-order valence-corrected chi connectivity index (χ3v) is 5.69. The molecule has 5 nitrogen and oxygen atoms in total. The van der Waals surface area contributed by atoms with Crippen molar-refractivity contribution in [3.8, 4) is 0 Å². The lowest BCUT2D eigenvalue weighted by Gasteiger charge is -2.11. The molecule has 0 radical (unpaired) electrons. The molecule has 0 N–H and O–H groups in total. The van der Waals surface area contributed by atoms with Gasteiger partial charge in [0.25, 0.3) is 5.91 Å². The lowest BCUT2D eigenvalue weighted by atomic mass is 10.1. The van der Waals surface area contributed by atoms with Gasteiger partial charge in [0.05, 0.1) is 12.3 Å². The maximum absolute atomic E-state index is 12.2. The average molecular weight is 354 g/mol. The first kappa shape index (κ1) is 16.0. The summed E-state index contributed by atoms with van der Waals surface area (Å²) < 4.78 is 5.19. The quantitative estimate of drug-likeness (QED) is 0.793. The minimum atomic E-state index is -0.417. The number of thiophene rings is 1. The predicted octanol–water partition coefficient (Wildman–Crippen LogP) is 3.03. The first-order valence-electron chi connectivity index (χ1n) is 8.42. The fraction of sp³-hybridized carbons (Fsp3) is 0.316. The van der Waals surface area contributed by atoms with E-state index in [0.717, 1.165) is 30.5 Å². The second-order valence-electron chi connectivity index (χ2n) is 6.17. The van der Waals surface area contributed by atoms with E-state index < -0.39 is 5.97 Å². The van der Waals surface area contributed by atoms with Crippen molar-refractivity contribution in [2.75, 3.05) is 13.2 Å². The van der Waals surface area contributed by atoms with Gasteiger partial charge in [0.2, 0.25) is 0 Å². The van der Waals surface area contributed by atoms with Gasteiger partial charge >= 0.3 is 5.97 Å².